The maximum Gasteiger partial charge on any atom is 0.321 e. The van der Waals surface area contributed by atoms with Gasteiger partial charge in [0.25, 0.3) is 0 Å². The number of hydrogen-bond donors (Lipinski definition) is 1. The number of aliphatic carboxylic acids is 1. The number of carbonyl (C=O) groups excluding carboxylic acids is 1. The Morgan fingerprint density at radius 2 is 1.88 bits per heavy atom. The molecule has 6 heteroatoms. The minimum absolute atomic E-state index is 0.0206. The van der Waals surface area contributed by atoms with Gasteiger partial charge in [-0.05, 0) is 12.8 Å². The van der Waals surface area contributed by atoms with E-state index in [2.05, 4.69) is 0 Å². The van der Waals surface area contributed by atoms with Crippen molar-refractivity contribution in [1.29, 1.82) is 0 Å². The third kappa shape index (κ3) is 6.55. The van der Waals surface area contributed by atoms with E-state index in [0.717, 1.165) is 0 Å². The molecule has 0 aromatic carbocycles. The number of carbonyl (C=O) groups is 2. The average Bonchev–Trinajstić information content (AvgIpc) is 2.21. The Hall–Kier alpha value is -0.910. The highest BCUT2D eigenvalue weighted by Gasteiger charge is 2.22. The molecule has 0 heterocycles. The molecule has 0 spiro atoms. The van der Waals surface area contributed by atoms with E-state index in [9.17, 15) is 13.8 Å². The van der Waals surface area contributed by atoms with Gasteiger partial charge in [-0.1, -0.05) is 13.8 Å². The fourth-order valence-corrected chi connectivity index (χ4v) is 1.85. The molecule has 1 N–H and O–H groups in total. The van der Waals surface area contributed by atoms with Crippen LogP contribution >= 0.6 is 0 Å². The molecule has 0 amide bonds. The van der Waals surface area contributed by atoms with Gasteiger partial charge >= 0.3 is 11.9 Å². The molecule has 5 nitrogen and oxygen atoms in total. The largest absolute Gasteiger partial charge is 0.481 e. The molecule has 0 aliphatic carbocycles. The van der Waals surface area contributed by atoms with Crippen molar-refractivity contribution in [3.05, 3.63) is 0 Å². The van der Waals surface area contributed by atoms with Crippen LogP contribution in [0, 0.1) is 5.92 Å². The van der Waals surface area contributed by atoms with Gasteiger partial charge in [0.05, 0.1) is 13.0 Å². The van der Waals surface area contributed by atoms with E-state index >= 15 is 0 Å². The van der Waals surface area contributed by atoms with Crippen LogP contribution in [0.15, 0.2) is 0 Å². The number of carboxylic acid groups (broad SMARTS) is 1. The molecule has 2 atom stereocenters. The minimum Gasteiger partial charge on any atom is -0.481 e. The second kappa shape index (κ2) is 7.38. The monoisotopic (exact) mass is 250 g/mol. The van der Waals surface area contributed by atoms with Gasteiger partial charge < -0.3 is 9.84 Å². The SMILES string of the molecule is CC(C)COC(=O)C(C)S(=O)CCC(=O)O. The molecule has 16 heavy (non-hydrogen) atoms. The van der Waals surface area contributed by atoms with Crippen molar-refractivity contribution in [2.45, 2.75) is 32.4 Å². The Bertz CT molecular complexity index is 274. The second-order valence-electron chi connectivity index (χ2n) is 3.89. The molecule has 0 rings (SSSR count). The summed E-state index contributed by atoms with van der Waals surface area (Å²) >= 11 is 0. The summed E-state index contributed by atoms with van der Waals surface area (Å²) in [6.45, 7) is 5.58. The quantitative estimate of drug-likeness (QED) is 0.676. The van der Waals surface area contributed by atoms with Gasteiger partial charge in [0, 0.05) is 16.6 Å². The van der Waals surface area contributed by atoms with Crippen molar-refractivity contribution >= 4 is 22.7 Å². The standard InChI is InChI=1S/C10H18O5S/c1-7(2)6-15-10(13)8(3)16(14)5-4-9(11)12/h7-8H,4-6H2,1-3H3,(H,11,12). The molecule has 94 valence electrons. The first-order valence-electron chi connectivity index (χ1n) is 5.10. The number of esters is 1. The fraction of sp³-hybridized carbons (Fsp3) is 0.800. The highest BCUT2D eigenvalue weighted by Crippen LogP contribution is 2.03. The summed E-state index contributed by atoms with van der Waals surface area (Å²) in [5.74, 6) is -1.34. The maximum atomic E-state index is 11.5. The molecule has 0 bridgehead atoms. The lowest BCUT2D eigenvalue weighted by Gasteiger charge is -2.12. The molecule has 0 aliphatic rings. The molecular formula is C10H18O5S. The van der Waals surface area contributed by atoms with Crippen molar-refractivity contribution in [2.75, 3.05) is 12.4 Å². The van der Waals surface area contributed by atoms with Crippen LogP contribution in [-0.2, 0) is 25.1 Å². The van der Waals surface area contributed by atoms with Gasteiger partial charge in [0.2, 0.25) is 0 Å². The molecule has 0 aromatic rings. The van der Waals surface area contributed by atoms with E-state index < -0.39 is 28.0 Å². The highest BCUT2D eigenvalue weighted by molar-refractivity contribution is 7.86. The van der Waals surface area contributed by atoms with Crippen LogP contribution in [0.25, 0.3) is 0 Å². The smallest absolute Gasteiger partial charge is 0.321 e. The molecule has 0 saturated carbocycles. The lowest BCUT2D eigenvalue weighted by molar-refractivity contribution is -0.144. The molecule has 0 aromatic heterocycles. The zero-order valence-electron chi connectivity index (χ0n) is 9.76. The first-order valence-corrected chi connectivity index (χ1v) is 6.48. The first kappa shape index (κ1) is 15.1. The van der Waals surface area contributed by atoms with Gasteiger partial charge in [-0.25, -0.2) is 0 Å². The average molecular weight is 250 g/mol. The maximum absolute atomic E-state index is 11.5. The summed E-state index contributed by atoms with van der Waals surface area (Å²) in [5.41, 5.74) is 0. The third-order valence-electron chi connectivity index (χ3n) is 1.80. The van der Waals surface area contributed by atoms with Crippen molar-refractivity contribution in [3.8, 4) is 0 Å². The summed E-state index contributed by atoms with van der Waals surface area (Å²) in [5, 5.41) is 7.64. The summed E-state index contributed by atoms with van der Waals surface area (Å²) in [6, 6.07) is 0. The van der Waals surface area contributed by atoms with E-state index in [1.165, 1.54) is 6.92 Å². The summed E-state index contributed by atoms with van der Waals surface area (Å²) in [4.78, 5) is 21.6. The van der Waals surface area contributed by atoms with Gasteiger partial charge in [-0.3, -0.25) is 13.8 Å². The fourth-order valence-electron chi connectivity index (χ4n) is 0.838. The van der Waals surface area contributed by atoms with Crippen LogP contribution in [-0.4, -0.2) is 38.9 Å². The lowest BCUT2D eigenvalue weighted by atomic mass is 10.2. The topological polar surface area (TPSA) is 80.7 Å². The van der Waals surface area contributed by atoms with Crippen LogP contribution in [0.1, 0.15) is 27.2 Å². The Labute approximate surface area is 97.6 Å². The molecule has 0 aliphatic heterocycles. The Morgan fingerprint density at radius 1 is 1.31 bits per heavy atom. The number of ether oxygens (including phenoxy) is 1. The van der Waals surface area contributed by atoms with Gasteiger partial charge in [0.15, 0.2) is 0 Å². The summed E-state index contributed by atoms with van der Waals surface area (Å²) in [6.07, 6.45) is -0.200. The van der Waals surface area contributed by atoms with Gasteiger partial charge in [-0.2, -0.15) is 0 Å². The summed E-state index contributed by atoms with van der Waals surface area (Å²) in [7, 11) is -1.49. The molecule has 0 radical (unpaired) electrons. The zero-order valence-corrected chi connectivity index (χ0v) is 10.6. The van der Waals surface area contributed by atoms with Crippen LogP contribution in [0.3, 0.4) is 0 Å². The first-order chi connectivity index (χ1) is 7.34. The third-order valence-corrected chi connectivity index (χ3v) is 3.39. The van der Waals surface area contributed by atoms with E-state index in [0.29, 0.717) is 6.61 Å². The Morgan fingerprint density at radius 3 is 2.31 bits per heavy atom. The van der Waals surface area contributed by atoms with E-state index in [-0.39, 0.29) is 18.1 Å². The van der Waals surface area contributed by atoms with Crippen LogP contribution in [0.4, 0.5) is 0 Å². The van der Waals surface area contributed by atoms with Gasteiger partial charge in [0.1, 0.15) is 5.25 Å². The molecular weight excluding hydrogens is 232 g/mol. The van der Waals surface area contributed by atoms with Crippen molar-refractivity contribution in [3.63, 3.8) is 0 Å². The number of rotatable bonds is 7. The predicted molar refractivity (Wildman–Crippen MR) is 60.5 cm³/mol. The van der Waals surface area contributed by atoms with Gasteiger partial charge in [-0.15, -0.1) is 0 Å². The second-order valence-corrected chi connectivity index (χ2v) is 5.77. The molecule has 2 unspecified atom stereocenters. The van der Waals surface area contributed by atoms with Crippen molar-refractivity contribution in [1.82, 2.24) is 0 Å². The van der Waals surface area contributed by atoms with Crippen LogP contribution in [0.2, 0.25) is 0 Å². The molecule has 0 fully saturated rings. The van der Waals surface area contributed by atoms with E-state index in [1.807, 2.05) is 13.8 Å². The van der Waals surface area contributed by atoms with E-state index in [4.69, 9.17) is 9.84 Å². The lowest BCUT2D eigenvalue weighted by Crippen LogP contribution is -2.28. The van der Waals surface area contributed by atoms with Crippen molar-refractivity contribution in [2.24, 2.45) is 5.92 Å². The predicted octanol–water partition coefficient (Wildman–Crippen LogP) is 0.798. The normalized spacial score (nSPS) is 14.5. The Balaban J connectivity index is 4.01. The number of carboxylic acids is 1. The van der Waals surface area contributed by atoms with Crippen LogP contribution < -0.4 is 0 Å². The number of hydrogen-bond acceptors (Lipinski definition) is 4. The molecule has 0 saturated heterocycles. The Kier molecular flexibility index (Phi) is 6.96. The van der Waals surface area contributed by atoms with E-state index in [1.54, 1.807) is 0 Å². The van der Waals surface area contributed by atoms with Crippen LogP contribution in [0.5, 0.6) is 0 Å². The minimum atomic E-state index is -1.49. The van der Waals surface area contributed by atoms with Crippen molar-refractivity contribution < 1.29 is 23.6 Å². The summed E-state index contributed by atoms with van der Waals surface area (Å²) < 4.78 is 16.4. The highest BCUT2D eigenvalue weighted by atomic mass is 32.2. The zero-order chi connectivity index (χ0) is 12.7.